The second kappa shape index (κ2) is 35.6. The molecule has 101 heavy (non-hydrogen) atoms. The molecule has 22 nitrogen and oxygen atoms in total. The number of amides is 2. The van der Waals surface area contributed by atoms with Crippen molar-refractivity contribution in [2.45, 2.75) is 218 Å². The molecule has 9 rings (SSSR count). The number of nitrogens with zero attached hydrogens (tertiary/aromatic N) is 7. The second-order valence-electron chi connectivity index (χ2n) is 27.0. The van der Waals surface area contributed by atoms with E-state index in [0.29, 0.717) is 36.0 Å². The highest BCUT2D eigenvalue weighted by molar-refractivity contribution is 7.90. The molecule has 3 unspecified atom stereocenters. The number of fused-ring (bicyclic) bond motifs is 3. The van der Waals surface area contributed by atoms with E-state index in [-0.39, 0.29) is 74.8 Å². The van der Waals surface area contributed by atoms with Crippen LogP contribution in [-0.2, 0) is 44.4 Å². The third kappa shape index (κ3) is 20.3. The predicted molar refractivity (Wildman–Crippen MR) is 402 cm³/mol. The van der Waals surface area contributed by atoms with E-state index in [2.05, 4.69) is 62.6 Å². The van der Waals surface area contributed by atoms with Crippen molar-refractivity contribution >= 4 is 92.8 Å². The summed E-state index contributed by atoms with van der Waals surface area (Å²) in [7, 11) is -10.5. The van der Waals surface area contributed by atoms with Gasteiger partial charge in [0.2, 0.25) is 22.2 Å². The quantitative estimate of drug-likeness (QED) is 0.0216. The monoisotopic (exact) mass is 1440 g/mol. The van der Waals surface area contributed by atoms with Crippen molar-refractivity contribution < 1.29 is 49.1 Å². The van der Waals surface area contributed by atoms with Crippen LogP contribution in [0.2, 0.25) is 0 Å². The minimum Gasteiger partial charge on any atom is -0.495 e. The topological polar surface area (TPSA) is 274 Å². The number of carbonyl (C=O) groups is 2. The van der Waals surface area contributed by atoms with Crippen molar-refractivity contribution in [1.82, 2.24) is 28.1 Å². The van der Waals surface area contributed by atoms with E-state index < -0.39 is 59.8 Å². The van der Waals surface area contributed by atoms with Gasteiger partial charge < -0.3 is 30.2 Å². The van der Waals surface area contributed by atoms with Gasteiger partial charge in [-0.05, 0) is 157 Å². The summed E-state index contributed by atoms with van der Waals surface area (Å²) in [6.45, 7) is 23.7. The minimum absolute atomic E-state index is 0.0106. The molecule has 2 aliphatic rings. The summed E-state index contributed by atoms with van der Waals surface area (Å²) in [6.07, 6.45) is 14.9. The van der Waals surface area contributed by atoms with Crippen molar-refractivity contribution in [1.29, 1.82) is 0 Å². The van der Waals surface area contributed by atoms with Gasteiger partial charge in [0.15, 0.2) is 11.9 Å². The normalized spacial score (nSPS) is 14.9. The molecule has 2 amide bonds. The number of amidine groups is 2. The van der Waals surface area contributed by atoms with Crippen LogP contribution >= 0.6 is 0 Å². The highest BCUT2D eigenvalue weighted by Crippen LogP contribution is 2.41. The molecular weight excluding hydrogens is 1340 g/mol. The number of methoxy groups -OCH3 is 1. The molecule has 7 aromatic rings. The molecule has 3 atom stereocenters. The summed E-state index contributed by atoms with van der Waals surface area (Å²) in [6, 6.07) is 32.1. The summed E-state index contributed by atoms with van der Waals surface area (Å²) in [5, 5.41) is 15.4. The standard InChI is InChI=1S/C44H55N7O5S.C32H48N4O6S2/c1-9-12-15-33(10-2)26-50-43(47-38-23-34-16-13-14-17-35(34)24-40(38)57(50,53)54)42(51-32(8)46-31(7)49-51)44(52)48-37-25-36(20-19-29(37)5)45-27-55-41(11-3)56-39-21-18-28(4)22-30(39)6;1-6-7-8-9-10-11-12-13-14-17-22-33-43(38,39)25-20-21-28(42-5)27(23-25)35-31(37)24-30-34-26-18-15-16-19-29(26)44(40,41)36(30)32(2,3)4/h13-14,16-25,33,41-42,45H,9-12,15,26-27H2,1-8H3,(H,48,52);15-16,18-21,23,33H,6-14,17,22,24H2,1-5H3,(H,35,37). The average molecular weight is 1440 g/mol. The zero-order valence-corrected chi connectivity index (χ0v) is 63.4. The fourth-order valence-corrected chi connectivity index (χ4v) is 17.1. The number of ether oxygens (including phenoxy) is 3. The SMILES string of the molecule is CCCCC(CC)CN1C(C(C(=O)Nc2cc(NCOC(CC)Oc3ccc(C)cc3C)ccc2C)n2nc(C)nc2C)=Nc2cc3ccccc3cc2S1(=O)=O.CCCCCCCCCCCCNS(=O)(=O)c1ccc(OC)c(NC(=O)CC2=Nc3ccccc3S(=O)(=O)N2C(C)(C)C)c1. The molecule has 1 aromatic heterocycles. The zero-order valence-electron chi connectivity index (χ0n) is 61.0. The maximum atomic E-state index is 14.8. The molecule has 4 N–H and O–H groups in total. The Morgan fingerprint density at radius 2 is 1.31 bits per heavy atom. The number of unbranched alkanes of at least 4 members (excludes halogenated alkanes) is 10. The van der Waals surface area contributed by atoms with Gasteiger partial charge in [0.1, 0.15) is 45.5 Å². The first-order chi connectivity index (χ1) is 48.1. The van der Waals surface area contributed by atoms with Crippen molar-refractivity contribution in [2.75, 3.05) is 42.9 Å². The molecule has 2 aliphatic heterocycles. The average Bonchev–Trinajstić information content (AvgIpc) is 1.43. The Hall–Kier alpha value is -8.23. The smallest absolute Gasteiger partial charge is 0.267 e. The van der Waals surface area contributed by atoms with Gasteiger partial charge in [0.05, 0.1) is 35.5 Å². The molecule has 0 saturated heterocycles. The summed E-state index contributed by atoms with van der Waals surface area (Å²) in [5.74, 6) is 1.05. The van der Waals surface area contributed by atoms with E-state index in [1.807, 2.05) is 82.3 Å². The number of sulfonamides is 3. The van der Waals surface area contributed by atoms with Crippen molar-refractivity contribution in [3.8, 4) is 11.5 Å². The first kappa shape index (κ1) is 78.5. The lowest BCUT2D eigenvalue weighted by Crippen LogP contribution is -2.51. The van der Waals surface area contributed by atoms with Crippen LogP contribution in [0.15, 0.2) is 140 Å². The van der Waals surface area contributed by atoms with Gasteiger partial charge in [0, 0.05) is 36.4 Å². The number of aliphatic imine (C=N–C) groups is 2. The highest BCUT2D eigenvalue weighted by Gasteiger charge is 2.44. The number of nitrogens with one attached hydrogen (secondary N) is 4. The summed E-state index contributed by atoms with van der Waals surface area (Å²) < 4.78 is 107. The van der Waals surface area contributed by atoms with E-state index in [0.717, 1.165) is 82.5 Å². The summed E-state index contributed by atoms with van der Waals surface area (Å²) in [4.78, 5) is 42.4. The van der Waals surface area contributed by atoms with E-state index in [9.17, 15) is 34.8 Å². The fraction of sp³-hybridized carbons (Fsp3) is 0.474. The Balaban J connectivity index is 0.000000266. The second-order valence-corrected chi connectivity index (χ2v) is 32.3. The van der Waals surface area contributed by atoms with Crippen LogP contribution in [0.3, 0.4) is 0 Å². The zero-order chi connectivity index (χ0) is 73.2. The van der Waals surface area contributed by atoms with Gasteiger partial charge in [-0.2, -0.15) is 5.10 Å². The molecule has 25 heteroatoms. The highest BCUT2D eigenvalue weighted by atomic mass is 32.2. The molecule has 0 bridgehead atoms. The molecule has 0 saturated carbocycles. The molecule has 0 aliphatic carbocycles. The van der Waals surface area contributed by atoms with Gasteiger partial charge in [-0.15, -0.1) is 0 Å². The van der Waals surface area contributed by atoms with Gasteiger partial charge in [-0.1, -0.05) is 165 Å². The first-order valence-corrected chi connectivity index (χ1v) is 39.7. The Bertz CT molecular complexity index is 4440. The first-order valence-electron chi connectivity index (χ1n) is 35.4. The van der Waals surface area contributed by atoms with Crippen LogP contribution in [0.1, 0.15) is 186 Å². The lowest BCUT2D eigenvalue weighted by atomic mass is 9.99. The van der Waals surface area contributed by atoms with Gasteiger partial charge in [0.25, 0.3) is 26.0 Å². The number of rotatable bonds is 34. The number of para-hydroxylation sites is 1. The molecule has 546 valence electrons. The lowest BCUT2D eigenvalue weighted by Gasteiger charge is -2.39. The van der Waals surface area contributed by atoms with Crippen LogP contribution < -0.4 is 30.1 Å². The molecule has 6 aromatic carbocycles. The summed E-state index contributed by atoms with van der Waals surface area (Å²) in [5.41, 5.74) is 4.06. The van der Waals surface area contributed by atoms with Crippen LogP contribution in [0.5, 0.6) is 11.5 Å². The van der Waals surface area contributed by atoms with E-state index in [1.165, 1.54) is 85.3 Å². The number of hydrogen-bond acceptors (Lipinski definition) is 16. The largest absolute Gasteiger partial charge is 0.495 e. The van der Waals surface area contributed by atoms with E-state index >= 15 is 0 Å². The summed E-state index contributed by atoms with van der Waals surface area (Å²) >= 11 is 0. The molecule has 0 radical (unpaired) electrons. The Labute approximate surface area is 598 Å². The third-order valence-electron chi connectivity index (χ3n) is 17.8. The molecular formula is C76H103N11O11S3. The number of carbonyl (C=O) groups excluding carboxylic acids is 2. The predicted octanol–water partition coefficient (Wildman–Crippen LogP) is 16.1. The van der Waals surface area contributed by atoms with Crippen LogP contribution in [0, 0.1) is 40.5 Å². The maximum Gasteiger partial charge on any atom is 0.267 e. The minimum atomic E-state index is -4.15. The number of anilines is 3. The number of aryl methyl sites for hydroxylation is 5. The van der Waals surface area contributed by atoms with Crippen molar-refractivity contribution in [3.63, 3.8) is 0 Å². The van der Waals surface area contributed by atoms with Gasteiger partial charge in [-0.25, -0.2) is 53.9 Å². The van der Waals surface area contributed by atoms with Crippen molar-refractivity contribution in [3.05, 3.63) is 144 Å². The Kier molecular flexibility index (Phi) is 27.7. The Morgan fingerprint density at radius 1 is 0.644 bits per heavy atom. The molecule has 0 spiro atoms. The van der Waals surface area contributed by atoms with E-state index in [1.54, 1.807) is 65.0 Å². The van der Waals surface area contributed by atoms with Crippen LogP contribution in [0.25, 0.3) is 10.8 Å². The van der Waals surface area contributed by atoms with Crippen LogP contribution in [-0.4, -0.2) is 111 Å². The number of benzene rings is 6. The lowest BCUT2D eigenvalue weighted by molar-refractivity contribution is -0.118. The van der Waals surface area contributed by atoms with Gasteiger partial charge in [-0.3, -0.25) is 13.9 Å². The maximum absolute atomic E-state index is 14.8. The van der Waals surface area contributed by atoms with E-state index in [4.69, 9.17) is 19.2 Å². The molecule has 3 heterocycles. The third-order valence-corrected chi connectivity index (χ3v) is 23.2. The van der Waals surface area contributed by atoms with Crippen molar-refractivity contribution in [2.24, 2.45) is 15.9 Å². The Morgan fingerprint density at radius 3 is 1.95 bits per heavy atom. The van der Waals surface area contributed by atoms with Crippen LogP contribution in [0.4, 0.5) is 28.4 Å². The van der Waals surface area contributed by atoms with Gasteiger partial charge >= 0.3 is 0 Å². The molecule has 0 fully saturated rings. The number of hydrogen-bond donors (Lipinski definition) is 4. The number of aromatic nitrogens is 3. The fourth-order valence-electron chi connectivity index (χ4n) is 12.4.